The van der Waals surface area contributed by atoms with Gasteiger partial charge in [-0.15, -0.1) is 0 Å². The smallest absolute Gasteiger partial charge is 0.326 e. The van der Waals surface area contributed by atoms with Crippen molar-refractivity contribution in [2.45, 2.75) is 6.61 Å². The Balaban J connectivity index is 1.38. The van der Waals surface area contributed by atoms with Gasteiger partial charge in [-0.2, -0.15) is 16.3 Å². The third-order valence-electron chi connectivity index (χ3n) is 3.70. The SMILES string of the molecule is O=C(CN1C(=O)COc2ccccc21)OCc1nc(-c2ccsc2)no1. The van der Waals surface area contributed by atoms with E-state index >= 15 is 0 Å². The summed E-state index contributed by atoms with van der Waals surface area (Å²) in [6.07, 6.45) is 0. The second kappa shape index (κ2) is 6.96. The van der Waals surface area contributed by atoms with Gasteiger partial charge < -0.3 is 14.0 Å². The number of amides is 1. The third-order valence-corrected chi connectivity index (χ3v) is 4.38. The minimum Gasteiger partial charge on any atom is -0.482 e. The van der Waals surface area contributed by atoms with Crippen molar-refractivity contribution in [3.05, 3.63) is 47.0 Å². The first-order chi connectivity index (χ1) is 12.7. The van der Waals surface area contributed by atoms with Gasteiger partial charge in [0.05, 0.1) is 5.69 Å². The lowest BCUT2D eigenvalue weighted by molar-refractivity contribution is -0.145. The first kappa shape index (κ1) is 16.3. The molecule has 0 radical (unpaired) electrons. The zero-order valence-corrected chi connectivity index (χ0v) is 14.3. The van der Waals surface area contributed by atoms with E-state index in [1.54, 1.807) is 24.3 Å². The van der Waals surface area contributed by atoms with Crippen LogP contribution in [-0.4, -0.2) is 35.2 Å². The number of anilines is 1. The van der Waals surface area contributed by atoms with Crippen molar-refractivity contribution in [2.75, 3.05) is 18.1 Å². The molecular formula is C17H13N3O5S. The summed E-state index contributed by atoms with van der Waals surface area (Å²) in [5.74, 6) is 0.295. The van der Waals surface area contributed by atoms with Gasteiger partial charge in [0, 0.05) is 10.9 Å². The number of ether oxygens (including phenoxy) is 2. The Hall–Kier alpha value is -3.20. The Bertz CT molecular complexity index is 938. The van der Waals surface area contributed by atoms with E-state index < -0.39 is 5.97 Å². The van der Waals surface area contributed by atoms with E-state index in [1.165, 1.54) is 16.2 Å². The molecule has 0 unspecified atom stereocenters. The lowest BCUT2D eigenvalue weighted by atomic mass is 10.2. The van der Waals surface area contributed by atoms with E-state index in [-0.39, 0.29) is 31.6 Å². The zero-order valence-electron chi connectivity index (χ0n) is 13.5. The number of nitrogens with zero attached hydrogens (tertiary/aromatic N) is 3. The minimum atomic E-state index is -0.578. The maximum Gasteiger partial charge on any atom is 0.326 e. The fourth-order valence-corrected chi connectivity index (χ4v) is 3.10. The second-order valence-corrected chi connectivity index (χ2v) is 6.20. The topological polar surface area (TPSA) is 94.8 Å². The molecule has 0 N–H and O–H groups in total. The number of carbonyl (C=O) groups excluding carboxylic acids is 2. The van der Waals surface area contributed by atoms with Crippen molar-refractivity contribution in [1.29, 1.82) is 0 Å². The molecule has 0 saturated heterocycles. The van der Waals surface area contributed by atoms with Gasteiger partial charge in [0.15, 0.2) is 13.2 Å². The number of thiophene rings is 1. The van der Waals surface area contributed by atoms with E-state index in [2.05, 4.69) is 10.1 Å². The Morgan fingerprint density at radius 1 is 1.31 bits per heavy atom. The van der Waals surface area contributed by atoms with Gasteiger partial charge in [-0.05, 0) is 23.6 Å². The summed E-state index contributed by atoms with van der Waals surface area (Å²) in [5.41, 5.74) is 1.38. The van der Waals surface area contributed by atoms with Gasteiger partial charge in [0.2, 0.25) is 5.82 Å². The van der Waals surface area contributed by atoms with Gasteiger partial charge in [-0.3, -0.25) is 14.5 Å². The highest BCUT2D eigenvalue weighted by Gasteiger charge is 2.27. The second-order valence-electron chi connectivity index (χ2n) is 5.42. The lowest BCUT2D eigenvalue weighted by Gasteiger charge is -2.28. The van der Waals surface area contributed by atoms with E-state index in [0.29, 0.717) is 17.3 Å². The first-order valence-corrected chi connectivity index (χ1v) is 8.68. The fourth-order valence-electron chi connectivity index (χ4n) is 2.47. The number of aromatic nitrogens is 2. The van der Waals surface area contributed by atoms with Gasteiger partial charge in [-0.25, -0.2) is 0 Å². The molecule has 132 valence electrons. The first-order valence-electron chi connectivity index (χ1n) is 7.73. The monoisotopic (exact) mass is 371 g/mol. The number of rotatable bonds is 5. The summed E-state index contributed by atoms with van der Waals surface area (Å²) in [6, 6.07) is 8.89. The quantitative estimate of drug-likeness (QED) is 0.635. The zero-order chi connectivity index (χ0) is 17.9. The number of hydrogen-bond acceptors (Lipinski definition) is 8. The van der Waals surface area contributed by atoms with E-state index in [4.69, 9.17) is 14.0 Å². The summed E-state index contributed by atoms with van der Waals surface area (Å²) in [6.45, 7) is -0.487. The molecule has 3 aromatic rings. The highest BCUT2D eigenvalue weighted by atomic mass is 32.1. The van der Waals surface area contributed by atoms with Crippen LogP contribution in [0.4, 0.5) is 5.69 Å². The summed E-state index contributed by atoms with van der Waals surface area (Å²) in [5, 5.41) is 7.64. The number of carbonyl (C=O) groups is 2. The average molecular weight is 371 g/mol. The average Bonchev–Trinajstić information content (AvgIpc) is 3.34. The molecule has 2 aromatic heterocycles. The summed E-state index contributed by atoms with van der Waals surface area (Å²) < 4.78 is 15.6. The minimum absolute atomic E-state index is 0.113. The molecule has 0 saturated carbocycles. The molecule has 4 rings (SSSR count). The number of benzene rings is 1. The molecule has 9 heteroatoms. The van der Waals surface area contributed by atoms with Gasteiger partial charge >= 0.3 is 5.97 Å². The molecule has 1 aromatic carbocycles. The number of fused-ring (bicyclic) bond motifs is 1. The molecule has 3 heterocycles. The lowest BCUT2D eigenvalue weighted by Crippen LogP contribution is -2.42. The van der Waals surface area contributed by atoms with Crippen molar-refractivity contribution >= 4 is 28.9 Å². The molecule has 0 fully saturated rings. The van der Waals surface area contributed by atoms with Crippen LogP contribution in [0, 0.1) is 0 Å². The molecule has 0 spiro atoms. The van der Waals surface area contributed by atoms with Crippen LogP contribution in [0.5, 0.6) is 5.75 Å². The standard InChI is InChI=1S/C17H13N3O5S/c21-15-9-23-13-4-2-1-3-12(13)20(15)7-16(22)24-8-14-18-17(19-25-14)11-5-6-26-10-11/h1-6,10H,7-9H2. The predicted octanol–water partition coefficient (Wildman–Crippen LogP) is 2.27. The summed E-state index contributed by atoms with van der Waals surface area (Å²) >= 11 is 1.52. The molecule has 1 amide bonds. The van der Waals surface area contributed by atoms with E-state index in [9.17, 15) is 9.59 Å². The van der Waals surface area contributed by atoms with Crippen LogP contribution in [0.25, 0.3) is 11.4 Å². The number of hydrogen-bond donors (Lipinski definition) is 0. The fraction of sp³-hybridized carbons (Fsp3) is 0.176. The van der Waals surface area contributed by atoms with Crippen molar-refractivity contribution in [3.8, 4) is 17.1 Å². The maximum absolute atomic E-state index is 12.1. The van der Waals surface area contributed by atoms with E-state index in [0.717, 1.165) is 5.56 Å². The van der Waals surface area contributed by atoms with Gasteiger partial charge in [0.1, 0.15) is 12.3 Å². The van der Waals surface area contributed by atoms with Crippen molar-refractivity contribution in [2.24, 2.45) is 0 Å². The van der Waals surface area contributed by atoms with Crippen LogP contribution in [0.3, 0.4) is 0 Å². The largest absolute Gasteiger partial charge is 0.482 e. The molecule has 1 aliphatic rings. The molecule has 1 aliphatic heterocycles. The van der Waals surface area contributed by atoms with E-state index in [1.807, 2.05) is 16.8 Å². The Labute approximate surface area is 151 Å². The molecule has 0 aliphatic carbocycles. The van der Waals surface area contributed by atoms with Crippen LogP contribution >= 0.6 is 11.3 Å². The Morgan fingerprint density at radius 3 is 3.04 bits per heavy atom. The van der Waals surface area contributed by atoms with Crippen LogP contribution < -0.4 is 9.64 Å². The van der Waals surface area contributed by atoms with Crippen LogP contribution in [0.1, 0.15) is 5.89 Å². The molecule has 26 heavy (non-hydrogen) atoms. The normalized spacial score (nSPS) is 13.2. The highest BCUT2D eigenvalue weighted by molar-refractivity contribution is 7.08. The van der Waals surface area contributed by atoms with Crippen LogP contribution in [0.15, 0.2) is 45.6 Å². The number of para-hydroxylation sites is 2. The third kappa shape index (κ3) is 3.29. The summed E-state index contributed by atoms with van der Waals surface area (Å²) in [7, 11) is 0. The van der Waals surface area contributed by atoms with Crippen molar-refractivity contribution in [1.82, 2.24) is 10.1 Å². The Kier molecular flexibility index (Phi) is 4.36. The summed E-state index contributed by atoms with van der Waals surface area (Å²) in [4.78, 5) is 29.7. The van der Waals surface area contributed by atoms with Gasteiger partial charge in [-0.1, -0.05) is 17.3 Å². The molecule has 8 nitrogen and oxygen atoms in total. The van der Waals surface area contributed by atoms with Crippen LogP contribution in [0.2, 0.25) is 0 Å². The molecule has 0 atom stereocenters. The highest BCUT2D eigenvalue weighted by Crippen LogP contribution is 2.31. The number of esters is 1. The van der Waals surface area contributed by atoms with Crippen LogP contribution in [-0.2, 0) is 20.9 Å². The maximum atomic E-state index is 12.1. The van der Waals surface area contributed by atoms with Gasteiger partial charge in [0.25, 0.3) is 11.8 Å². The molecular weight excluding hydrogens is 358 g/mol. The van der Waals surface area contributed by atoms with Crippen molar-refractivity contribution in [3.63, 3.8) is 0 Å². The Morgan fingerprint density at radius 2 is 2.19 bits per heavy atom. The molecule has 0 bridgehead atoms. The van der Waals surface area contributed by atoms with Crippen molar-refractivity contribution < 1.29 is 23.6 Å². The predicted molar refractivity (Wildman–Crippen MR) is 91.7 cm³/mol.